The van der Waals surface area contributed by atoms with Crippen LogP contribution in [-0.4, -0.2) is 60.6 Å². The molecular weight excluding hydrogens is 436 g/mol. The number of fused-ring (bicyclic) bond motifs is 1. The van der Waals surface area contributed by atoms with E-state index in [1.54, 1.807) is 19.3 Å². The van der Waals surface area contributed by atoms with E-state index in [2.05, 4.69) is 11.0 Å². The fraction of sp³-hybridized carbons (Fsp3) is 0.500. The number of aromatic hydroxyl groups is 1. The van der Waals surface area contributed by atoms with Crippen molar-refractivity contribution in [3.05, 3.63) is 65.7 Å². The van der Waals surface area contributed by atoms with E-state index in [0.717, 1.165) is 56.0 Å². The van der Waals surface area contributed by atoms with Gasteiger partial charge in [-0.15, -0.1) is 0 Å². The minimum absolute atomic E-state index is 0.00670. The minimum Gasteiger partial charge on any atom is -0.508 e. The first-order valence-electron chi connectivity index (χ1n) is 13.1. The van der Waals surface area contributed by atoms with Crippen LogP contribution in [0.3, 0.4) is 0 Å². The fourth-order valence-electron chi connectivity index (χ4n) is 6.38. The van der Waals surface area contributed by atoms with Gasteiger partial charge in [-0.05, 0) is 98.4 Å². The zero-order valence-electron chi connectivity index (χ0n) is 21.0. The topological polar surface area (TPSA) is 53.0 Å². The van der Waals surface area contributed by atoms with E-state index in [4.69, 9.17) is 4.74 Å². The van der Waals surface area contributed by atoms with Gasteiger partial charge in [0.05, 0.1) is 7.11 Å². The standard InChI is InChI=1S/C30H38N2O3/c1-31(29(34)14-11-22-5-3-8-28(17-22)35-2)26-13-12-25-21-32(20-23-9-10-23)16-15-30(25,19-26)24-6-4-7-27(33)18-24/h3-8,11,14,17-18,23,25-26,33H,9-10,12-13,15-16,19-21H2,1-2H3/t25-,26+,30+/m1/s1. The third kappa shape index (κ3) is 5.25. The molecule has 0 unspecified atom stereocenters. The minimum atomic E-state index is 0.00670. The molecule has 5 rings (SSSR count). The molecule has 5 heteroatoms. The average Bonchev–Trinajstić information content (AvgIpc) is 3.70. The van der Waals surface area contributed by atoms with Crippen molar-refractivity contribution in [3.8, 4) is 11.5 Å². The highest BCUT2D eigenvalue weighted by molar-refractivity contribution is 5.91. The molecule has 1 amide bonds. The molecule has 1 heterocycles. The molecule has 0 aromatic heterocycles. The zero-order chi connectivity index (χ0) is 24.4. The normalized spacial score (nSPS) is 26.9. The van der Waals surface area contributed by atoms with Crippen LogP contribution in [0.5, 0.6) is 11.5 Å². The number of phenolic OH excluding ortho intramolecular Hbond substituents is 1. The predicted octanol–water partition coefficient (Wildman–Crippen LogP) is 5.09. The number of amides is 1. The van der Waals surface area contributed by atoms with Crippen LogP contribution >= 0.6 is 0 Å². The van der Waals surface area contributed by atoms with Crippen LogP contribution in [0.1, 0.15) is 49.7 Å². The fourth-order valence-corrected chi connectivity index (χ4v) is 6.38. The summed E-state index contributed by atoms with van der Waals surface area (Å²) in [4.78, 5) is 17.8. The molecule has 186 valence electrons. The molecule has 0 spiro atoms. The number of carbonyl (C=O) groups excluding carboxylic acids is 1. The summed E-state index contributed by atoms with van der Waals surface area (Å²) in [7, 11) is 3.60. The van der Waals surface area contributed by atoms with Gasteiger partial charge in [-0.1, -0.05) is 24.3 Å². The number of benzene rings is 2. The molecule has 3 fully saturated rings. The zero-order valence-corrected chi connectivity index (χ0v) is 21.0. The maximum atomic E-state index is 13.2. The third-order valence-corrected chi connectivity index (χ3v) is 8.62. The molecule has 3 aliphatic rings. The van der Waals surface area contributed by atoms with E-state index in [-0.39, 0.29) is 17.4 Å². The monoisotopic (exact) mass is 474 g/mol. The number of hydrogen-bond acceptors (Lipinski definition) is 4. The second-order valence-corrected chi connectivity index (χ2v) is 10.9. The summed E-state index contributed by atoms with van der Waals surface area (Å²) in [5, 5.41) is 10.3. The van der Waals surface area contributed by atoms with Gasteiger partial charge in [0.25, 0.3) is 0 Å². The number of likely N-dealkylation sites (N-methyl/N-ethyl adjacent to an activating group) is 1. The maximum Gasteiger partial charge on any atom is 0.246 e. The highest BCUT2D eigenvalue weighted by atomic mass is 16.5. The van der Waals surface area contributed by atoms with Gasteiger partial charge in [0.2, 0.25) is 5.91 Å². The van der Waals surface area contributed by atoms with Crippen molar-refractivity contribution >= 4 is 12.0 Å². The van der Waals surface area contributed by atoms with Gasteiger partial charge in [-0.2, -0.15) is 0 Å². The van der Waals surface area contributed by atoms with Crippen molar-refractivity contribution < 1.29 is 14.6 Å². The van der Waals surface area contributed by atoms with Crippen molar-refractivity contribution in [1.82, 2.24) is 9.80 Å². The first-order chi connectivity index (χ1) is 17.0. The Morgan fingerprint density at radius 3 is 2.77 bits per heavy atom. The lowest BCUT2D eigenvalue weighted by molar-refractivity contribution is -0.128. The molecule has 1 aliphatic heterocycles. The molecule has 1 saturated heterocycles. The summed E-state index contributed by atoms with van der Waals surface area (Å²) in [6.45, 7) is 3.47. The van der Waals surface area contributed by atoms with Crippen molar-refractivity contribution in [2.24, 2.45) is 11.8 Å². The first-order valence-corrected chi connectivity index (χ1v) is 13.1. The number of carbonyl (C=O) groups is 1. The lowest BCUT2D eigenvalue weighted by Gasteiger charge is -2.54. The van der Waals surface area contributed by atoms with E-state index < -0.39 is 0 Å². The SMILES string of the molecule is COc1cccc(C=CC(=O)N(C)[C@H]2CC[C@@H]3CN(CC4CC4)CC[C@@]3(c3cccc(O)c3)C2)c1. The Kier molecular flexibility index (Phi) is 6.88. The number of ether oxygens (including phenoxy) is 1. The Labute approximate surface area is 209 Å². The van der Waals surface area contributed by atoms with E-state index in [1.807, 2.05) is 54.4 Å². The van der Waals surface area contributed by atoms with Gasteiger partial charge < -0.3 is 19.6 Å². The lowest BCUT2D eigenvalue weighted by Crippen LogP contribution is -2.56. The number of methoxy groups -OCH3 is 1. The van der Waals surface area contributed by atoms with Crippen LogP contribution in [0.25, 0.3) is 6.08 Å². The largest absolute Gasteiger partial charge is 0.508 e. The van der Waals surface area contributed by atoms with Crippen molar-refractivity contribution in [2.75, 3.05) is 33.8 Å². The highest BCUT2D eigenvalue weighted by Gasteiger charge is 2.49. The summed E-state index contributed by atoms with van der Waals surface area (Å²) in [5.74, 6) is 2.62. The van der Waals surface area contributed by atoms with Gasteiger partial charge in [-0.3, -0.25) is 4.79 Å². The van der Waals surface area contributed by atoms with Crippen molar-refractivity contribution in [3.63, 3.8) is 0 Å². The molecule has 2 aliphatic carbocycles. The van der Waals surface area contributed by atoms with E-state index in [0.29, 0.717) is 11.7 Å². The Balaban J connectivity index is 1.33. The smallest absolute Gasteiger partial charge is 0.246 e. The average molecular weight is 475 g/mol. The molecule has 5 nitrogen and oxygen atoms in total. The predicted molar refractivity (Wildman–Crippen MR) is 139 cm³/mol. The van der Waals surface area contributed by atoms with E-state index >= 15 is 0 Å². The number of nitrogens with zero attached hydrogens (tertiary/aromatic N) is 2. The molecule has 35 heavy (non-hydrogen) atoms. The molecule has 0 bridgehead atoms. The Bertz CT molecular complexity index is 1080. The third-order valence-electron chi connectivity index (χ3n) is 8.62. The first kappa shape index (κ1) is 23.9. The van der Waals surface area contributed by atoms with E-state index in [1.165, 1.54) is 24.9 Å². The van der Waals surface area contributed by atoms with Crippen LogP contribution in [0.2, 0.25) is 0 Å². The number of hydrogen-bond donors (Lipinski definition) is 1. The molecular formula is C30H38N2O3. The van der Waals surface area contributed by atoms with Crippen molar-refractivity contribution in [2.45, 2.75) is 50.0 Å². The van der Waals surface area contributed by atoms with Crippen LogP contribution in [0, 0.1) is 11.8 Å². The number of phenols is 1. The Morgan fingerprint density at radius 2 is 2.00 bits per heavy atom. The summed E-state index contributed by atoms with van der Waals surface area (Å²) < 4.78 is 5.30. The summed E-state index contributed by atoms with van der Waals surface area (Å²) in [5.41, 5.74) is 2.20. The van der Waals surface area contributed by atoms with Crippen LogP contribution in [-0.2, 0) is 10.2 Å². The Hall–Kier alpha value is -2.79. The second-order valence-electron chi connectivity index (χ2n) is 10.9. The summed E-state index contributed by atoms with van der Waals surface area (Å²) in [6, 6.07) is 15.8. The quantitative estimate of drug-likeness (QED) is 0.568. The Morgan fingerprint density at radius 1 is 1.17 bits per heavy atom. The molecule has 2 aromatic rings. The number of likely N-dealkylation sites (tertiary alicyclic amines) is 1. The number of rotatable bonds is 7. The highest BCUT2D eigenvalue weighted by Crippen LogP contribution is 2.51. The lowest BCUT2D eigenvalue weighted by atomic mass is 9.57. The van der Waals surface area contributed by atoms with Gasteiger partial charge in [-0.25, -0.2) is 0 Å². The second kappa shape index (κ2) is 10.1. The molecule has 0 radical (unpaired) electrons. The van der Waals surface area contributed by atoms with E-state index in [9.17, 15) is 9.90 Å². The van der Waals surface area contributed by atoms with Gasteiger partial charge >= 0.3 is 0 Å². The number of piperidine rings is 1. The van der Waals surface area contributed by atoms with Crippen molar-refractivity contribution in [1.29, 1.82) is 0 Å². The molecule has 3 atom stereocenters. The van der Waals surface area contributed by atoms with Gasteiger partial charge in [0.15, 0.2) is 0 Å². The molecule has 2 saturated carbocycles. The van der Waals surface area contributed by atoms with Crippen LogP contribution < -0.4 is 4.74 Å². The summed E-state index contributed by atoms with van der Waals surface area (Å²) in [6.07, 6.45) is 10.5. The maximum absolute atomic E-state index is 13.2. The molecule has 1 N–H and O–H groups in total. The summed E-state index contributed by atoms with van der Waals surface area (Å²) >= 11 is 0. The molecule has 2 aromatic carbocycles. The van der Waals surface area contributed by atoms with Crippen LogP contribution in [0.4, 0.5) is 0 Å². The van der Waals surface area contributed by atoms with Crippen LogP contribution in [0.15, 0.2) is 54.6 Å². The van der Waals surface area contributed by atoms with Gasteiger partial charge in [0.1, 0.15) is 11.5 Å². The van der Waals surface area contributed by atoms with Gasteiger partial charge in [0, 0.05) is 37.7 Å².